The Morgan fingerprint density at radius 1 is 1.36 bits per heavy atom. The number of nitrogens with zero attached hydrogens (tertiary/aromatic N) is 4. The van der Waals surface area contributed by atoms with Gasteiger partial charge in [-0.3, -0.25) is 0 Å². The molecule has 0 radical (unpaired) electrons. The summed E-state index contributed by atoms with van der Waals surface area (Å²) < 4.78 is 0. The largest absolute Gasteiger partial charge is 0.391 e. The Balaban J connectivity index is 2.03. The van der Waals surface area contributed by atoms with Gasteiger partial charge in [-0.05, 0) is 23.6 Å². The van der Waals surface area contributed by atoms with Crippen LogP contribution in [0, 0.1) is 0 Å². The van der Waals surface area contributed by atoms with Gasteiger partial charge in [-0.2, -0.15) is 0 Å². The molecule has 11 heavy (non-hydrogen) atoms. The lowest BCUT2D eigenvalue weighted by atomic mass is 10.3. The summed E-state index contributed by atoms with van der Waals surface area (Å²) in [6.45, 7) is 2.81. The number of rotatable bonds is 4. The van der Waals surface area contributed by atoms with Crippen LogP contribution in [-0.2, 0) is 0 Å². The van der Waals surface area contributed by atoms with E-state index in [1.54, 1.807) is 0 Å². The van der Waals surface area contributed by atoms with Crippen LogP contribution in [-0.4, -0.2) is 12.7 Å². The Bertz CT molecular complexity index is 171. The maximum Gasteiger partial charge on any atom is 0.187 e. The van der Waals surface area contributed by atoms with Gasteiger partial charge in [-0.25, -0.2) is 0 Å². The van der Waals surface area contributed by atoms with Crippen molar-refractivity contribution in [2.24, 2.45) is 20.7 Å². The molecule has 0 bridgehead atoms. The SMILES string of the molecule is CC=CNCCC1N=NN=N1. The fraction of sp³-hybridized carbons (Fsp3) is 0.667. The third kappa shape index (κ3) is 2.88. The fourth-order valence-electron chi connectivity index (χ4n) is 0.718. The lowest BCUT2D eigenvalue weighted by Crippen LogP contribution is -2.11. The van der Waals surface area contributed by atoms with Crippen LogP contribution in [0.1, 0.15) is 13.3 Å². The van der Waals surface area contributed by atoms with Crippen molar-refractivity contribution in [1.29, 1.82) is 0 Å². The number of hydrogen-bond acceptors (Lipinski definition) is 5. The summed E-state index contributed by atoms with van der Waals surface area (Å²) in [7, 11) is 0. The van der Waals surface area contributed by atoms with Crippen LogP contribution in [0.5, 0.6) is 0 Å². The molecule has 0 aromatic heterocycles. The molecule has 0 atom stereocenters. The highest BCUT2D eigenvalue weighted by Crippen LogP contribution is 2.07. The van der Waals surface area contributed by atoms with Crippen molar-refractivity contribution >= 4 is 0 Å². The van der Waals surface area contributed by atoms with E-state index in [1.807, 2.05) is 19.2 Å². The molecule has 1 rings (SSSR count). The molecule has 1 aliphatic rings. The zero-order valence-corrected chi connectivity index (χ0v) is 6.44. The van der Waals surface area contributed by atoms with Gasteiger partial charge in [0.15, 0.2) is 6.17 Å². The van der Waals surface area contributed by atoms with Gasteiger partial charge >= 0.3 is 0 Å². The van der Waals surface area contributed by atoms with E-state index in [1.165, 1.54) is 0 Å². The van der Waals surface area contributed by atoms with Crippen molar-refractivity contribution in [1.82, 2.24) is 5.32 Å². The van der Waals surface area contributed by atoms with E-state index in [4.69, 9.17) is 0 Å². The summed E-state index contributed by atoms with van der Waals surface area (Å²) in [5.74, 6) is 0. The minimum atomic E-state index is -0.0623. The smallest absolute Gasteiger partial charge is 0.187 e. The van der Waals surface area contributed by atoms with E-state index in [-0.39, 0.29) is 6.17 Å². The van der Waals surface area contributed by atoms with Crippen LogP contribution in [0.2, 0.25) is 0 Å². The van der Waals surface area contributed by atoms with Gasteiger partial charge in [0.05, 0.1) is 0 Å². The minimum Gasteiger partial charge on any atom is -0.391 e. The Labute approximate surface area is 65.3 Å². The Hall–Kier alpha value is -1.26. The summed E-state index contributed by atoms with van der Waals surface area (Å²) in [5, 5.41) is 17.4. The molecular formula is C6H11N5. The predicted octanol–water partition coefficient (Wildman–Crippen LogP) is 1.66. The second-order valence-electron chi connectivity index (χ2n) is 2.13. The first-order chi connectivity index (χ1) is 5.43. The first-order valence-electron chi connectivity index (χ1n) is 3.58. The third-order valence-electron chi connectivity index (χ3n) is 1.24. The van der Waals surface area contributed by atoms with Gasteiger partial charge in [0.25, 0.3) is 0 Å². The van der Waals surface area contributed by atoms with Gasteiger partial charge in [-0.15, -0.1) is 10.2 Å². The summed E-state index contributed by atoms with van der Waals surface area (Å²) in [6.07, 6.45) is 4.62. The van der Waals surface area contributed by atoms with Crippen LogP contribution >= 0.6 is 0 Å². The molecule has 5 heteroatoms. The molecule has 0 aromatic carbocycles. The maximum absolute atomic E-state index is 3.76. The van der Waals surface area contributed by atoms with Crippen molar-refractivity contribution in [2.45, 2.75) is 19.5 Å². The molecule has 0 spiro atoms. The highest BCUT2D eigenvalue weighted by Gasteiger charge is 2.06. The van der Waals surface area contributed by atoms with E-state index in [0.717, 1.165) is 13.0 Å². The normalized spacial score (nSPS) is 16.8. The predicted molar refractivity (Wildman–Crippen MR) is 40.9 cm³/mol. The van der Waals surface area contributed by atoms with Crippen LogP contribution in [0.4, 0.5) is 0 Å². The maximum atomic E-state index is 3.76. The summed E-state index contributed by atoms with van der Waals surface area (Å²) in [5.41, 5.74) is 0. The fourth-order valence-corrected chi connectivity index (χ4v) is 0.718. The van der Waals surface area contributed by atoms with E-state index < -0.39 is 0 Å². The molecule has 0 amide bonds. The molecule has 5 nitrogen and oxygen atoms in total. The van der Waals surface area contributed by atoms with Crippen molar-refractivity contribution in [3.05, 3.63) is 12.3 Å². The summed E-state index contributed by atoms with van der Waals surface area (Å²) in [6, 6.07) is 0. The lowest BCUT2D eigenvalue weighted by molar-refractivity contribution is 0.615. The molecule has 1 N–H and O–H groups in total. The Morgan fingerprint density at radius 2 is 2.09 bits per heavy atom. The summed E-state index contributed by atoms with van der Waals surface area (Å²) in [4.78, 5) is 0. The zero-order chi connectivity index (χ0) is 7.94. The average Bonchev–Trinajstić information content (AvgIpc) is 2.50. The molecule has 0 aromatic rings. The second kappa shape index (κ2) is 4.54. The molecule has 0 unspecified atom stereocenters. The molecule has 0 aliphatic carbocycles. The second-order valence-corrected chi connectivity index (χ2v) is 2.13. The van der Waals surface area contributed by atoms with E-state index >= 15 is 0 Å². The van der Waals surface area contributed by atoms with Crippen molar-refractivity contribution in [3.8, 4) is 0 Å². The molecule has 60 valence electrons. The molecule has 1 heterocycles. The van der Waals surface area contributed by atoms with Gasteiger partial charge in [0.1, 0.15) is 0 Å². The summed E-state index contributed by atoms with van der Waals surface area (Å²) >= 11 is 0. The van der Waals surface area contributed by atoms with Gasteiger partial charge in [0.2, 0.25) is 0 Å². The minimum absolute atomic E-state index is 0.0623. The highest BCUT2D eigenvalue weighted by molar-refractivity contribution is 4.75. The standard InChI is InChI=1S/C6H11N5/c1-2-4-7-5-3-6-8-10-11-9-6/h2,4,6-7H,3,5H2,1H3. The molecular weight excluding hydrogens is 142 g/mol. The van der Waals surface area contributed by atoms with Crippen LogP contribution in [0.15, 0.2) is 33.0 Å². The van der Waals surface area contributed by atoms with Gasteiger partial charge in [-0.1, -0.05) is 6.08 Å². The van der Waals surface area contributed by atoms with E-state index in [0.29, 0.717) is 0 Å². The number of allylic oxidation sites excluding steroid dienone is 1. The van der Waals surface area contributed by atoms with Crippen LogP contribution in [0.3, 0.4) is 0 Å². The van der Waals surface area contributed by atoms with Crippen molar-refractivity contribution in [2.75, 3.05) is 6.54 Å². The van der Waals surface area contributed by atoms with Gasteiger partial charge in [0, 0.05) is 13.0 Å². The monoisotopic (exact) mass is 153 g/mol. The Morgan fingerprint density at radius 3 is 2.73 bits per heavy atom. The third-order valence-corrected chi connectivity index (χ3v) is 1.24. The average molecular weight is 153 g/mol. The van der Waals surface area contributed by atoms with Crippen molar-refractivity contribution in [3.63, 3.8) is 0 Å². The van der Waals surface area contributed by atoms with E-state index in [9.17, 15) is 0 Å². The van der Waals surface area contributed by atoms with Crippen molar-refractivity contribution < 1.29 is 0 Å². The first kappa shape index (κ1) is 7.84. The molecule has 0 fully saturated rings. The number of nitrogens with one attached hydrogen (secondary N) is 1. The topological polar surface area (TPSA) is 61.5 Å². The molecule has 0 saturated carbocycles. The first-order valence-corrected chi connectivity index (χ1v) is 3.58. The molecule has 0 saturated heterocycles. The molecule has 1 aliphatic heterocycles. The highest BCUT2D eigenvalue weighted by atomic mass is 15.6. The zero-order valence-electron chi connectivity index (χ0n) is 6.44. The van der Waals surface area contributed by atoms with Gasteiger partial charge < -0.3 is 5.32 Å². The van der Waals surface area contributed by atoms with Crippen LogP contribution < -0.4 is 5.32 Å². The Kier molecular flexibility index (Phi) is 3.24. The quantitative estimate of drug-likeness (QED) is 0.613. The van der Waals surface area contributed by atoms with E-state index in [2.05, 4.69) is 26.0 Å². The lowest BCUT2D eigenvalue weighted by Gasteiger charge is -1.99. The number of hydrogen-bond donors (Lipinski definition) is 1. The van der Waals surface area contributed by atoms with Crippen LogP contribution in [0.25, 0.3) is 0 Å².